The molecule has 0 aromatic heterocycles. The zero-order valence-electron chi connectivity index (χ0n) is 11.9. The minimum absolute atomic E-state index is 0.0879. The van der Waals surface area contributed by atoms with Gasteiger partial charge >= 0.3 is 0 Å². The molecule has 0 fully saturated rings. The predicted molar refractivity (Wildman–Crippen MR) is 84.7 cm³/mol. The van der Waals surface area contributed by atoms with Crippen molar-refractivity contribution in [3.8, 4) is 11.5 Å². The number of hydrogen-bond donors (Lipinski definition) is 1. The highest BCUT2D eigenvalue weighted by Crippen LogP contribution is 2.23. The average Bonchev–Trinajstić information content (AvgIpc) is 2.50. The fourth-order valence-electron chi connectivity index (χ4n) is 1.84. The summed E-state index contributed by atoms with van der Waals surface area (Å²) in [5.74, 6) is -0.722. The first-order chi connectivity index (χ1) is 10.5. The number of nitrogens with zero attached hydrogens (tertiary/aromatic N) is 1. The Kier molecular flexibility index (Phi) is 5.38. The Labute approximate surface area is 136 Å². The van der Waals surface area contributed by atoms with Crippen molar-refractivity contribution in [2.45, 2.75) is 0 Å². The maximum Gasteiger partial charge on any atom is 0.257 e. The maximum absolute atomic E-state index is 13.4. The monoisotopic (exact) mass is 367 g/mol. The molecule has 0 aliphatic rings. The fourth-order valence-corrected chi connectivity index (χ4v) is 2.20. The second-order valence-electron chi connectivity index (χ2n) is 4.67. The molecule has 0 saturated carbocycles. The lowest BCUT2D eigenvalue weighted by Crippen LogP contribution is -2.31. The Morgan fingerprint density at radius 2 is 2.05 bits per heavy atom. The van der Waals surface area contributed by atoms with Gasteiger partial charge in [-0.2, -0.15) is 0 Å². The van der Waals surface area contributed by atoms with Crippen molar-refractivity contribution in [3.63, 3.8) is 0 Å². The Morgan fingerprint density at radius 3 is 2.77 bits per heavy atom. The number of phenolic OH excluding ortho intramolecular Hbond substituents is 1. The summed E-state index contributed by atoms with van der Waals surface area (Å²) < 4.78 is 19.4. The van der Waals surface area contributed by atoms with Crippen LogP contribution in [0.4, 0.5) is 4.39 Å². The van der Waals surface area contributed by atoms with E-state index in [-0.39, 0.29) is 36.1 Å². The highest BCUT2D eigenvalue weighted by atomic mass is 79.9. The molecule has 116 valence electrons. The van der Waals surface area contributed by atoms with Gasteiger partial charge in [0.2, 0.25) is 0 Å². The number of carbonyl (C=O) groups excluding carboxylic acids is 1. The van der Waals surface area contributed by atoms with E-state index in [1.165, 1.54) is 23.1 Å². The summed E-state index contributed by atoms with van der Waals surface area (Å²) >= 11 is 3.26. The van der Waals surface area contributed by atoms with Crippen LogP contribution in [0.5, 0.6) is 11.5 Å². The van der Waals surface area contributed by atoms with Gasteiger partial charge in [0.15, 0.2) is 11.6 Å². The molecule has 2 aromatic carbocycles. The molecule has 2 aromatic rings. The molecular weight excluding hydrogens is 353 g/mol. The first-order valence-corrected chi connectivity index (χ1v) is 7.39. The molecule has 0 bridgehead atoms. The van der Waals surface area contributed by atoms with Crippen molar-refractivity contribution >= 4 is 21.8 Å². The van der Waals surface area contributed by atoms with Crippen LogP contribution in [0.15, 0.2) is 46.9 Å². The van der Waals surface area contributed by atoms with Crippen LogP contribution in [0, 0.1) is 5.82 Å². The van der Waals surface area contributed by atoms with Gasteiger partial charge in [0.1, 0.15) is 12.4 Å². The van der Waals surface area contributed by atoms with Crippen LogP contribution in [0.1, 0.15) is 10.4 Å². The van der Waals surface area contributed by atoms with Gasteiger partial charge < -0.3 is 14.7 Å². The first-order valence-electron chi connectivity index (χ1n) is 6.60. The fraction of sp³-hybridized carbons (Fsp3) is 0.188. The van der Waals surface area contributed by atoms with Crippen LogP contribution in [0.3, 0.4) is 0 Å². The highest BCUT2D eigenvalue weighted by molar-refractivity contribution is 9.10. The molecular formula is C16H15BrFNO3. The predicted octanol–water partition coefficient (Wildman–Crippen LogP) is 3.44. The van der Waals surface area contributed by atoms with E-state index in [0.717, 1.165) is 0 Å². The van der Waals surface area contributed by atoms with Crippen LogP contribution in [-0.2, 0) is 0 Å². The topological polar surface area (TPSA) is 49.8 Å². The number of likely N-dealkylation sites (N-methyl/N-ethyl adjacent to an activating group) is 1. The number of halogens is 2. The quantitative estimate of drug-likeness (QED) is 0.880. The number of carbonyl (C=O) groups is 1. The van der Waals surface area contributed by atoms with E-state index >= 15 is 0 Å². The summed E-state index contributed by atoms with van der Waals surface area (Å²) in [6.07, 6.45) is 0. The Balaban J connectivity index is 1.94. The van der Waals surface area contributed by atoms with Crippen LogP contribution in [-0.4, -0.2) is 36.1 Å². The molecule has 1 amide bonds. The van der Waals surface area contributed by atoms with Crippen LogP contribution < -0.4 is 4.74 Å². The zero-order valence-corrected chi connectivity index (χ0v) is 13.5. The smallest absolute Gasteiger partial charge is 0.257 e. The largest absolute Gasteiger partial charge is 0.507 e. The lowest BCUT2D eigenvalue weighted by atomic mass is 10.2. The number of hydrogen-bond acceptors (Lipinski definition) is 3. The van der Waals surface area contributed by atoms with E-state index in [1.54, 1.807) is 31.3 Å². The van der Waals surface area contributed by atoms with E-state index in [4.69, 9.17) is 4.74 Å². The van der Waals surface area contributed by atoms with Crippen LogP contribution in [0.25, 0.3) is 0 Å². The Hall–Kier alpha value is -2.08. The Bertz CT molecular complexity index is 678. The lowest BCUT2D eigenvalue weighted by molar-refractivity contribution is 0.0770. The molecule has 0 heterocycles. The number of amides is 1. The second-order valence-corrected chi connectivity index (χ2v) is 5.58. The van der Waals surface area contributed by atoms with Crippen LogP contribution >= 0.6 is 15.9 Å². The third kappa shape index (κ3) is 3.98. The third-order valence-electron chi connectivity index (χ3n) is 3.06. The molecule has 0 atom stereocenters. The molecule has 2 rings (SSSR count). The average molecular weight is 368 g/mol. The standard InChI is InChI=1S/C16H15BrFNO3/c1-19(8-9-22-15-5-3-2-4-13(15)18)16(21)12-10-11(17)6-7-14(12)20/h2-7,10,20H,8-9H2,1H3. The van der Waals surface area contributed by atoms with Crippen molar-refractivity contribution in [2.75, 3.05) is 20.2 Å². The highest BCUT2D eigenvalue weighted by Gasteiger charge is 2.16. The number of para-hydroxylation sites is 1. The first kappa shape index (κ1) is 16.3. The number of benzene rings is 2. The van der Waals surface area contributed by atoms with Gasteiger partial charge in [-0.1, -0.05) is 28.1 Å². The van der Waals surface area contributed by atoms with Crippen molar-refractivity contribution < 1.29 is 19.0 Å². The lowest BCUT2D eigenvalue weighted by Gasteiger charge is -2.18. The van der Waals surface area contributed by atoms with Gasteiger partial charge in [-0.25, -0.2) is 4.39 Å². The van der Waals surface area contributed by atoms with Crippen molar-refractivity contribution in [1.82, 2.24) is 4.90 Å². The van der Waals surface area contributed by atoms with Gasteiger partial charge in [0.05, 0.1) is 12.1 Å². The van der Waals surface area contributed by atoms with Gasteiger partial charge in [0, 0.05) is 11.5 Å². The van der Waals surface area contributed by atoms with E-state index < -0.39 is 5.82 Å². The molecule has 1 N–H and O–H groups in total. The normalized spacial score (nSPS) is 10.3. The van der Waals surface area contributed by atoms with E-state index in [2.05, 4.69) is 15.9 Å². The molecule has 6 heteroatoms. The summed E-state index contributed by atoms with van der Waals surface area (Å²) in [5, 5.41) is 9.74. The van der Waals surface area contributed by atoms with Gasteiger partial charge in [0.25, 0.3) is 5.91 Å². The SMILES string of the molecule is CN(CCOc1ccccc1F)C(=O)c1cc(Br)ccc1O. The molecule has 0 aliphatic carbocycles. The summed E-state index contributed by atoms with van der Waals surface area (Å²) in [4.78, 5) is 13.6. The van der Waals surface area contributed by atoms with Crippen molar-refractivity contribution in [3.05, 3.63) is 58.3 Å². The second kappa shape index (κ2) is 7.26. The number of ether oxygens (including phenoxy) is 1. The maximum atomic E-state index is 13.4. The number of phenols is 1. The summed E-state index contributed by atoms with van der Waals surface area (Å²) in [7, 11) is 1.59. The minimum Gasteiger partial charge on any atom is -0.507 e. The van der Waals surface area contributed by atoms with Crippen LogP contribution in [0.2, 0.25) is 0 Å². The van der Waals surface area contributed by atoms with Crippen molar-refractivity contribution in [1.29, 1.82) is 0 Å². The summed E-state index contributed by atoms with van der Waals surface area (Å²) in [5.41, 5.74) is 0.197. The Morgan fingerprint density at radius 1 is 1.32 bits per heavy atom. The van der Waals surface area contributed by atoms with E-state index in [9.17, 15) is 14.3 Å². The molecule has 0 saturated heterocycles. The molecule has 22 heavy (non-hydrogen) atoms. The third-order valence-corrected chi connectivity index (χ3v) is 3.55. The number of aromatic hydroxyl groups is 1. The molecule has 0 radical (unpaired) electrons. The summed E-state index contributed by atoms with van der Waals surface area (Å²) in [6, 6.07) is 10.7. The molecule has 0 spiro atoms. The molecule has 0 aliphatic heterocycles. The zero-order chi connectivity index (χ0) is 16.1. The number of rotatable bonds is 5. The summed E-state index contributed by atoms with van der Waals surface area (Å²) in [6.45, 7) is 0.414. The van der Waals surface area contributed by atoms with E-state index in [0.29, 0.717) is 4.47 Å². The minimum atomic E-state index is -0.443. The van der Waals surface area contributed by atoms with Gasteiger partial charge in [-0.05, 0) is 30.3 Å². The molecule has 0 unspecified atom stereocenters. The van der Waals surface area contributed by atoms with Gasteiger partial charge in [-0.3, -0.25) is 4.79 Å². The van der Waals surface area contributed by atoms with Crippen molar-refractivity contribution in [2.24, 2.45) is 0 Å². The van der Waals surface area contributed by atoms with E-state index in [1.807, 2.05) is 0 Å². The molecule has 4 nitrogen and oxygen atoms in total. The van der Waals surface area contributed by atoms with Gasteiger partial charge in [-0.15, -0.1) is 0 Å².